The number of aromatic amines is 1. The number of carbonyl (C=O) groups is 1. The monoisotopic (exact) mass is 292 g/mol. The molecule has 0 unspecified atom stereocenters. The van der Waals surface area contributed by atoms with Gasteiger partial charge in [-0.25, -0.2) is 8.78 Å². The summed E-state index contributed by atoms with van der Waals surface area (Å²) in [6.07, 6.45) is 1.28. The molecule has 0 aliphatic rings. The van der Waals surface area contributed by atoms with Gasteiger partial charge in [0.05, 0.1) is 12.1 Å². The van der Waals surface area contributed by atoms with Gasteiger partial charge in [0.25, 0.3) is 5.91 Å². The molecule has 4 nitrogen and oxygen atoms in total. The number of aromatic nitrogens is 1. The van der Waals surface area contributed by atoms with Gasteiger partial charge in [0.1, 0.15) is 11.6 Å². The molecule has 0 spiro atoms. The van der Waals surface area contributed by atoms with Gasteiger partial charge in [-0.1, -0.05) is 6.07 Å². The summed E-state index contributed by atoms with van der Waals surface area (Å²) < 4.78 is 27.3. The number of nitrogens with zero attached hydrogens (tertiary/aromatic N) is 1. The van der Waals surface area contributed by atoms with Crippen molar-refractivity contribution in [1.82, 2.24) is 9.88 Å². The van der Waals surface area contributed by atoms with Gasteiger partial charge in [-0.2, -0.15) is 0 Å². The number of pyridine rings is 1. The van der Waals surface area contributed by atoms with Crippen molar-refractivity contribution in [1.29, 1.82) is 0 Å². The Morgan fingerprint density at radius 1 is 1.19 bits per heavy atom. The first-order valence-corrected chi connectivity index (χ1v) is 6.43. The minimum Gasteiger partial charge on any atom is -0.334 e. The van der Waals surface area contributed by atoms with Crippen LogP contribution < -0.4 is 5.56 Å². The predicted molar refractivity (Wildman–Crippen MR) is 73.8 cm³/mol. The van der Waals surface area contributed by atoms with Gasteiger partial charge < -0.3 is 9.88 Å². The molecule has 6 heteroatoms. The molecular weight excluding hydrogens is 278 g/mol. The summed E-state index contributed by atoms with van der Waals surface area (Å²) in [5.41, 5.74) is -0.222. The zero-order valence-corrected chi connectivity index (χ0v) is 11.4. The predicted octanol–water partition coefficient (Wildman–Crippen LogP) is 2.32. The zero-order valence-electron chi connectivity index (χ0n) is 11.4. The van der Waals surface area contributed by atoms with Crippen molar-refractivity contribution in [2.75, 3.05) is 6.54 Å². The van der Waals surface area contributed by atoms with E-state index in [0.717, 1.165) is 12.1 Å². The van der Waals surface area contributed by atoms with Crippen LogP contribution >= 0.6 is 0 Å². The minimum atomic E-state index is -0.692. The molecule has 2 aromatic rings. The van der Waals surface area contributed by atoms with Crippen LogP contribution in [0.15, 0.2) is 41.3 Å². The molecule has 2 rings (SSSR count). The fourth-order valence-corrected chi connectivity index (χ4v) is 1.93. The summed E-state index contributed by atoms with van der Waals surface area (Å²) in [6.45, 7) is 1.82. The van der Waals surface area contributed by atoms with Crippen LogP contribution in [0.1, 0.15) is 22.8 Å². The second kappa shape index (κ2) is 6.30. The molecule has 1 amide bonds. The van der Waals surface area contributed by atoms with E-state index in [1.165, 1.54) is 29.3 Å². The summed E-state index contributed by atoms with van der Waals surface area (Å²) in [7, 11) is 0. The van der Waals surface area contributed by atoms with E-state index in [0.29, 0.717) is 0 Å². The van der Waals surface area contributed by atoms with Crippen LogP contribution in [0, 0.1) is 11.6 Å². The van der Waals surface area contributed by atoms with Crippen LogP contribution in [0.3, 0.4) is 0 Å². The van der Waals surface area contributed by atoms with Crippen molar-refractivity contribution in [3.05, 3.63) is 69.6 Å². The van der Waals surface area contributed by atoms with Crippen molar-refractivity contribution in [2.24, 2.45) is 0 Å². The van der Waals surface area contributed by atoms with Gasteiger partial charge in [0.2, 0.25) is 5.56 Å². The number of H-pyrrole nitrogens is 1. The molecule has 0 radical (unpaired) electrons. The fraction of sp³-hybridized carbons (Fsp3) is 0.200. The van der Waals surface area contributed by atoms with Crippen molar-refractivity contribution in [2.45, 2.75) is 13.5 Å². The molecule has 0 fully saturated rings. The van der Waals surface area contributed by atoms with Crippen LogP contribution in [-0.4, -0.2) is 22.3 Å². The van der Waals surface area contributed by atoms with E-state index in [1.807, 2.05) is 0 Å². The normalized spacial score (nSPS) is 10.4. The highest BCUT2D eigenvalue weighted by Gasteiger charge is 2.18. The van der Waals surface area contributed by atoms with E-state index in [1.54, 1.807) is 6.92 Å². The van der Waals surface area contributed by atoms with Crippen LogP contribution in [0.4, 0.5) is 8.78 Å². The molecule has 1 aromatic heterocycles. The number of rotatable bonds is 4. The lowest BCUT2D eigenvalue weighted by Crippen LogP contribution is -2.31. The van der Waals surface area contributed by atoms with Crippen LogP contribution in [0.25, 0.3) is 0 Å². The maximum atomic E-state index is 13.6. The number of nitrogens with one attached hydrogen (secondary N) is 1. The molecule has 1 N–H and O–H groups in total. The Balaban J connectivity index is 2.26. The molecule has 0 atom stereocenters. The van der Waals surface area contributed by atoms with Crippen LogP contribution in [0.2, 0.25) is 0 Å². The zero-order chi connectivity index (χ0) is 15.4. The molecule has 1 aromatic carbocycles. The van der Waals surface area contributed by atoms with E-state index in [-0.39, 0.29) is 29.8 Å². The summed E-state index contributed by atoms with van der Waals surface area (Å²) in [5, 5.41) is 0. The standard InChI is InChI=1S/C15H14F2N2O2/c1-2-19(9-11-12(16)4-3-5-13(11)17)15(21)10-6-7-14(20)18-8-10/h3-8H,2,9H2,1H3,(H,18,20). The largest absolute Gasteiger partial charge is 0.334 e. The molecule has 0 aliphatic heterocycles. The van der Waals surface area contributed by atoms with E-state index < -0.39 is 17.5 Å². The first kappa shape index (κ1) is 14.9. The van der Waals surface area contributed by atoms with Gasteiger partial charge in [-0.15, -0.1) is 0 Å². The summed E-state index contributed by atoms with van der Waals surface area (Å²) in [5.74, 6) is -1.79. The van der Waals surface area contributed by atoms with Gasteiger partial charge in [0.15, 0.2) is 0 Å². The highest BCUT2D eigenvalue weighted by Crippen LogP contribution is 2.16. The molecule has 21 heavy (non-hydrogen) atoms. The average Bonchev–Trinajstić information content (AvgIpc) is 2.47. The second-order valence-electron chi connectivity index (χ2n) is 4.46. The SMILES string of the molecule is CCN(Cc1c(F)cccc1F)C(=O)c1ccc(=O)[nH]c1. The second-order valence-corrected chi connectivity index (χ2v) is 4.46. The average molecular weight is 292 g/mol. The Hall–Kier alpha value is -2.50. The lowest BCUT2D eigenvalue weighted by molar-refractivity contribution is 0.0749. The Kier molecular flexibility index (Phi) is 4.47. The summed E-state index contributed by atoms with van der Waals surface area (Å²) in [4.78, 5) is 27.0. The maximum Gasteiger partial charge on any atom is 0.255 e. The maximum absolute atomic E-state index is 13.6. The van der Waals surface area contributed by atoms with Gasteiger partial charge in [-0.05, 0) is 25.1 Å². The number of carbonyl (C=O) groups excluding carboxylic acids is 1. The molecular formula is C15H14F2N2O2. The van der Waals surface area contributed by atoms with Gasteiger partial charge in [0, 0.05) is 24.4 Å². The van der Waals surface area contributed by atoms with E-state index in [2.05, 4.69) is 4.98 Å². The van der Waals surface area contributed by atoms with Crippen molar-refractivity contribution in [3.63, 3.8) is 0 Å². The van der Waals surface area contributed by atoms with Gasteiger partial charge in [-0.3, -0.25) is 9.59 Å². The Labute approximate surface area is 120 Å². The first-order valence-electron chi connectivity index (χ1n) is 6.43. The number of halogens is 2. The van der Waals surface area contributed by atoms with Crippen molar-refractivity contribution < 1.29 is 13.6 Å². The number of benzene rings is 1. The molecule has 0 aliphatic carbocycles. The number of hydrogen-bond donors (Lipinski definition) is 1. The summed E-state index contributed by atoms with van der Waals surface area (Å²) in [6, 6.07) is 6.17. The Bertz CT molecular complexity index is 672. The lowest BCUT2D eigenvalue weighted by Gasteiger charge is -2.21. The third-order valence-electron chi connectivity index (χ3n) is 3.11. The number of amides is 1. The van der Waals surface area contributed by atoms with Crippen LogP contribution in [-0.2, 0) is 6.54 Å². The quantitative estimate of drug-likeness (QED) is 0.940. The summed E-state index contributed by atoms with van der Waals surface area (Å²) >= 11 is 0. The third kappa shape index (κ3) is 3.34. The Morgan fingerprint density at radius 2 is 1.86 bits per heavy atom. The molecule has 110 valence electrons. The third-order valence-corrected chi connectivity index (χ3v) is 3.11. The van der Waals surface area contributed by atoms with Crippen molar-refractivity contribution in [3.8, 4) is 0 Å². The highest BCUT2D eigenvalue weighted by atomic mass is 19.1. The molecule has 0 saturated carbocycles. The smallest absolute Gasteiger partial charge is 0.255 e. The molecule has 1 heterocycles. The topological polar surface area (TPSA) is 53.2 Å². The van der Waals surface area contributed by atoms with E-state index >= 15 is 0 Å². The highest BCUT2D eigenvalue weighted by molar-refractivity contribution is 5.93. The Morgan fingerprint density at radius 3 is 2.38 bits per heavy atom. The van der Waals surface area contributed by atoms with E-state index in [4.69, 9.17) is 0 Å². The molecule has 0 bridgehead atoms. The van der Waals surface area contributed by atoms with Gasteiger partial charge >= 0.3 is 0 Å². The van der Waals surface area contributed by atoms with E-state index in [9.17, 15) is 18.4 Å². The lowest BCUT2D eigenvalue weighted by atomic mass is 10.1. The van der Waals surface area contributed by atoms with Crippen LogP contribution in [0.5, 0.6) is 0 Å². The first-order chi connectivity index (χ1) is 10.0. The molecule has 0 saturated heterocycles. The minimum absolute atomic E-state index is 0.155. The number of hydrogen-bond acceptors (Lipinski definition) is 2. The fourth-order valence-electron chi connectivity index (χ4n) is 1.93. The van der Waals surface area contributed by atoms with Crippen molar-refractivity contribution >= 4 is 5.91 Å².